The summed E-state index contributed by atoms with van der Waals surface area (Å²) in [6, 6.07) is 20.6. The monoisotopic (exact) mass is 474 g/mol. The van der Waals surface area contributed by atoms with Crippen LogP contribution in [0, 0.1) is 5.82 Å². The minimum atomic E-state index is -0.877. The van der Waals surface area contributed by atoms with Crippen LogP contribution in [0.25, 0.3) is 11.3 Å². The third kappa shape index (κ3) is 4.55. The molecule has 2 aromatic carbocycles. The van der Waals surface area contributed by atoms with Crippen molar-refractivity contribution in [3.63, 3.8) is 0 Å². The van der Waals surface area contributed by atoms with Gasteiger partial charge in [-0.3, -0.25) is 9.78 Å². The summed E-state index contributed by atoms with van der Waals surface area (Å²) >= 11 is 0. The second-order valence-electron chi connectivity index (χ2n) is 9.41. The molecule has 2 aliphatic rings. The molecule has 2 fully saturated rings. The minimum Gasteiger partial charge on any atom is -0.496 e. The Morgan fingerprint density at radius 1 is 1.06 bits per heavy atom. The Morgan fingerprint density at radius 3 is 2.63 bits per heavy atom. The first kappa shape index (κ1) is 23.5. The highest BCUT2D eigenvalue weighted by molar-refractivity contribution is 5.88. The lowest BCUT2D eigenvalue weighted by molar-refractivity contribution is -0.142. The third-order valence-corrected chi connectivity index (χ3v) is 7.43. The van der Waals surface area contributed by atoms with Crippen LogP contribution in [0.1, 0.15) is 42.9 Å². The van der Waals surface area contributed by atoms with E-state index < -0.39 is 5.41 Å². The maximum absolute atomic E-state index is 14.9. The van der Waals surface area contributed by atoms with Gasteiger partial charge in [-0.25, -0.2) is 4.39 Å². The van der Waals surface area contributed by atoms with Crippen LogP contribution in [0.3, 0.4) is 0 Å². The molecule has 5 nitrogen and oxygen atoms in total. The average molecular weight is 475 g/mol. The number of hydrogen-bond donors (Lipinski definition) is 0. The summed E-state index contributed by atoms with van der Waals surface area (Å²) in [5.74, 6) is 0.600. The highest BCUT2D eigenvalue weighted by Gasteiger charge is 2.46. The van der Waals surface area contributed by atoms with Crippen molar-refractivity contribution in [2.45, 2.75) is 37.0 Å². The van der Waals surface area contributed by atoms with Crippen LogP contribution in [0.5, 0.6) is 5.75 Å². The minimum absolute atomic E-state index is 0.0106. The molecule has 35 heavy (non-hydrogen) atoms. The zero-order valence-electron chi connectivity index (χ0n) is 20.1. The standard InChI is InChI=1S/C29H31FN2O3/c1-34-27-14-5-2-9-22(27)26-13-6-12-25(31-26)21-8-7-17-32(20-21)28(33)29(15-18-35-19-16-29)23-10-3-4-11-24(23)30/h2-6,9-14,21H,7-8,15-20H2,1H3/t21-/m1/s1. The number of halogens is 1. The molecule has 1 amide bonds. The zero-order chi connectivity index (χ0) is 24.3. The Labute approximate surface area is 205 Å². The number of hydrogen-bond acceptors (Lipinski definition) is 4. The molecule has 3 aromatic rings. The van der Waals surface area contributed by atoms with Gasteiger partial charge in [-0.2, -0.15) is 0 Å². The van der Waals surface area contributed by atoms with Crippen LogP contribution < -0.4 is 4.74 Å². The lowest BCUT2D eigenvalue weighted by atomic mass is 9.72. The Balaban J connectivity index is 1.42. The van der Waals surface area contributed by atoms with E-state index in [1.807, 2.05) is 53.4 Å². The van der Waals surface area contributed by atoms with E-state index in [9.17, 15) is 9.18 Å². The number of para-hydroxylation sites is 1. The molecule has 0 N–H and O–H groups in total. The van der Waals surface area contributed by atoms with Crippen molar-refractivity contribution in [3.05, 3.63) is 83.8 Å². The van der Waals surface area contributed by atoms with Crippen molar-refractivity contribution in [3.8, 4) is 17.0 Å². The number of carbonyl (C=O) groups excluding carboxylic acids is 1. The number of aromatic nitrogens is 1. The molecule has 0 unspecified atom stereocenters. The summed E-state index contributed by atoms with van der Waals surface area (Å²) in [5.41, 5.74) is 2.39. The molecule has 0 aliphatic carbocycles. The number of amides is 1. The lowest BCUT2D eigenvalue weighted by Crippen LogP contribution is -2.52. The number of methoxy groups -OCH3 is 1. The van der Waals surface area contributed by atoms with Gasteiger partial charge in [0.05, 0.1) is 18.2 Å². The predicted molar refractivity (Wildman–Crippen MR) is 133 cm³/mol. The van der Waals surface area contributed by atoms with Gasteiger partial charge >= 0.3 is 0 Å². The quantitative estimate of drug-likeness (QED) is 0.500. The first-order valence-electron chi connectivity index (χ1n) is 12.3. The number of likely N-dealkylation sites (tertiary alicyclic amines) is 1. The van der Waals surface area contributed by atoms with Crippen LogP contribution in [0.4, 0.5) is 4.39 Å². The normalized spacial score (nSPS) is 19.8. The molecule has 1 aromatic heterocycles. The van der Waals surface area contributed by atoms with Gasteiger partial charge in [0.25, 0.3) is 0 Å². The Kier molecular flexibility index (Phi) is 6.82. The molecule has 0 saturated carbocycles. The van der Waals surface area contributed by atoms with E-state index in [0.717, 1.165) is 35.5 Å². The summed E-state index contributed by atoms with van der Waals surface area (Å²) in [7, 11) is 1.66. The fraction of sp³-hybridized carbons (Fsp3) is 0.379. The van der Waals surface area contributed by atoms with E-state index >= 15 is 0 Å². The third-order valence-electron chi connectivity index (χ3n) is 7.43. The van der Waals surface area contributed by atoms with Gasteiger partial charge in [0.1, 0.15) is 11.6 Å². The van der Waals surface area contributed by atoms with E-state index in [0.29, 0.717) is 44.7 Å². The van der Waals surface area contributed by atoms with E-state index in [-0.39, 0.29) is 17.6 Å². The second-order valence-corrected chi connectivity index (χ2v) is 9.41. The number of pyridine rings is 1. The molecule has 6 heteroatoms. The van der Waals surface area contributed by atoms with Crippen molar-refractivity contribution in [2.24, 2.45) is 0 Å². The van der Waals surface area contributed by atoms with Gasteiger partial charge in [0.15, 0.2) is 0 Å². The SMILES string of the molecule is COc1ccccc1-c1cccc([C@@H]2CCCN(C(=O)C3(c4ccccc4F)CCOCC3)C2)n1. The molecule has 2 aliphatic heterocycles. The number of benzene rings is 2. The molecule has 2 saturated heterocycles. The predicted octanol–water partition coefficient (Wildman–Crippen LogP) is 5.35. The molecule has 0 bridgehead atoms. The fourth-order valence-electron chi connectivity index (χ4n) is 5.56. The van der Waals surface area contributed by atoms with E-state index in [4.69, 9.17) is 14.5 Å². The van der Waals surface area contributed by atoms with Gasteiger partial charge in [-0.15, -0.1) is 0 Å². The van der Waals surface area contributed by atoms with Crippen LogP contribution >= 0.6 is 0 Å². The largest absolute Gasteiger partial charge is 0.496 e. The number of piperidine rings is 1. The molecule has 3 heterocycles. The summed E-state index contributed by atoms with van der Waals surface area (Å²) in [6.45, 7) is 2.18. The fourth-order valence-corrected chi connectivity index (χ4v) is 5.56. The number of nitrogens with zero attached hydrogens (tertiary/aromatic N) is 2. The summed E-state index contributed by atoms with van der Waals surface area (Å²) in [6.07, 6.45) is 2.84. The second kappa shape index (κ2) is 10.2. The van der Waals surface area contributed by atoms with Crippen LogP contribution in [0.2, 0.25) is 0 Å². The van der Waals surface area contributed by atoms with Crippen LogP contribution in [-0.2, 0) is 14.9 Å². The molecular weight excluding hydrogens is 443 g/mol. The summed E-state index contributed by atoms with van der Waals surface area (Å²) in [4.78, 5) is 21.0. The van der Waals surface area contributed by atoms with Crippen molar-refractivity contribution >= 4 is 5.91 Å². The molecular formula is C29H31FN2O3. The van der Waals surface area contributed by atoms with Gasteiger partial charge < -0.3 is 14.4 Å². The van der Waals surface area contributed by atoms with Crippen molar-refractivity contribution < 1.29 is 18.7 Å². The molecule has 1 atom stereocenters. The molecule has 182 valence electrons. The van der Waals surface area contributed by atoms with Crippen molar-refractivity contribution in [1.82, 2.24) is 9.88 Å². The van der Waals surface area contributed by atoms with Gasteiger partial charge in [-0.05, 0) is 56.0 Å². The lowest BCUT2D eigenvalue weighted by Gasteiger charge is -2.42. The van der Waals surface area contributed by atoms with E-state index in [1.54, 1.807) is 19.2 Å². The topological polar surface area (TPSA) is 51.7 Å². The van der Waals surface area contributed by atoms with E-state index in [1.165, 1.54) is 6.07 Å². The van der Waals surface area contributed by atoms with Crippen LogP contribution in [-0.4, -0.2) is 49.2 Å². The smallest absolute Gasteiger partial charge is 0.233 e. The molecule has 0 spiro atoms. The Hall–Kier alpha value is -3.25. The Morgan fingerprint density at radius 2 is 1.83 bits per heavy atom. The molecule has 0 radical (unpaired) electrons. The first-order valence-corrected chi connectivity index (χ1v) is 12.3. The highest BCUT2D eigenvalue weighted by atomic mass is 19.1. The zero-order valence-corrected chi connectivity index (χ0v) is 20.1. The first-order chi connectivity index (χ1) is 17.1. The number of rotatable bonds is 5. The number of ether oxygens (including phenoxy) is 2. The summed E-state index contributed by atoms with van der Waals surface area (Å²) in [5, 5.41) is 0. The highest BCUT2D eigenvalue weighted by Crippen LogP contribution is 2.40. The Bertz CT molecular complexity index is 1190. The van der Waals surface area contributed by atoms with Gasteiger partial charge in [0.2, 0.25) is 5.91 Å². The average Bonchev–Trinajstić information content (AvgIpc) is 2.93. The maximum atomic E-state index is 14.9. The van der Waals surface area contributed by atoms with Gasteiger partial charge in [-0.1, -0.05) is 36.4 Å². The summed E-state index contributed by atoms with van der Waals surface area (Å²) < 4.78 is 26.0. The number of carbonyl (C=O) groups is 1. The maximum Gasteiger partial charge on any atom is 0.233 e. The van der Waals surface area contributed by atoms with Crippen molar-refractivity contribution in [2.75, 3.05) is 33.4 Å². The molecule has 5 rings (SSSR count). The van der Waals surface area contributed by atoms with Crippen LogP contribution in [0.15, 0.2) is 66.7 Å². The van der Waals surface area contributed by atoms with Crippen molar-refractivity contribution in [1.29, 1.82) is 0 Å². The van der Waals surface area contributed by atoms with Gasteiger partial charge in [0, 0.05) is 49.0 Å². The van der Waals surface area contributed by atoms with E-state index in [2.05, 4.69) is 0 Å².